The maximum Gasteiger partial charge on any atom is 0.159 e. The minimum absolute atomic E-state index is 0.462. The summed E-state index contributed by atoms with van der Waals surface area (Å²) in [4.78, 5) is 8.71. The predicted molar refractivity (Wildman–Crippen MR) is 184 cm³/mol. The number of unbranched alkanes of at least 4 members (excludes halogenated alkanes) is 13. The van der Waals surface area contributed by atoms with Gasteiger partial charge in [-0.05, 0) is 48.2 Å². The molecule has 3 aromatic rings. The van der Waals surface area contributed by atoms with Crippen molar-refractivity contribution in [2.75, 3.05) is 22.9 Å². The van der Waals surface area contributed by atoms with Crippen molar-refractivity contribution in [1.29, 1.82) is 5.26 Å². The van der Waals surface area contributed by atoms with Gasteiger partial charge < -0.3 is 16.4 Å². The van der Waals surface area contributed by atoms with E-state index in [4.69, 9.17) is 28.9 Å². The first-order valence-corrected chi connectivity index (χ1v) is 16.8. The summed E-state index contributed by atoms with van der Waals surface area (Å²) in [6, 6.07) is 13.4. The Bertz CT molecular complexity index is 1290. The summed E-state index contributed by atoms with van der Waals surface area (Å²) >= 11 is 12.7. The van der Waals surface area contributed by atoms with Gasteiger partial charge in [0.2, 0.25) is 0 Å². The van der Waals surface area contributed by atoms with Crippen LogP contribution in [0.15, 0.2) is 42.7 Å². The number of aromatic nitrogens is 2. The summed E-state index contributed by atoms with van der Waals surface area (Å²) in [7, 11) is 0. The summed E-state index contributed by atoms with van der Waals surface area (Å²) < 4.78 is 0. The number of benzene rings is 2. The first-order chi connectivity index (χ1) is 20.9. The summed E-state index contributed by atoms with van der Waals surface area (Å²) in [5.41, 5.74) is 10.2. The molecule has 232 valence electrons. The number of hydrogen-bond donors (Lipinski definition) is 3. The Morgan fingerprint density at radius 1 is 0.814 bits per heavy atom. The van der Waals surface area contributed by atoms with Gasteiger partial charge in [-0.3, -0.25) is 0 Å². The van der Waals surface area contributed by atoms with E-state index >= 15 is 0 Å². The van der Waals surface area contributed by atoms with Gasteiger partial charge in [0, 0.05) is 22.3 Å². The molecule has 8 heteroatoms. The highest BCUT2D eigenvalue weighted by Gasteiger charge is 2.19. The molecule has 0 saturated heterocycles. The highest BCUT2D eigenvalue weighted by molar-refractivity contribution is 6.32. The Morgan fingerprint density at radius 3 is 1.95 bits per heavy atom. The van der Waals surface area contributed by atoms with E-state index in [2.05, 4.69) is 33.6 Å². The highest BCUT2D eigenvalue weighted by atomic mass is 35.5. The third-order valence-corrected chi connectivity index (χ3v) is 8.53. The number of aryl methyl sites for hydroxylation is 1. The van der Waals surface area contributed by atoms with Gasteiger partial charge in [-0.15, -0.1) is 0 Å². The van der Waals surface area contributed by atoms with E-state index in [1.807, 2.05) is 31.2 Å². The second-order valence-electron chi connectivity index (χ2n) is 11.4. The molecule has 0 aliphatic carbocycles. The predicted octanol–water partition coefficient (Wildman–Crippen LogP) is 11.0. The lowest BCUT2D eigenvalue weighted by Crippen LogP contribution is -2.09. The Hall–Kier alpha value is -3.01. The topological polar surface area (TPSA) is 99.6 Å². The molecule has 43 heavy (non-hydrogen) atoms. The Morgan fingerprint density at radius 2 is 1.37 bits per heavy atom. The van der Waals surface area contributed by atoms with Crippen LogP contribution in [0.1, 0.15) is 119 Å². The van der Waals surface area contributed by atoms with E-state index in [-0.39, 0.29) is 0 Å². The molecule has 0 saturated carbocycles. The molecule has 0 spiro atoms. The zero-order chi connectivity index (χ0) is 30.9. The molecular formula is C35H48Cl2N6. The van der Waals surface area contributed by atoms with Crippen LogP contribution in [-0.4, -0.2) is 16.5 Å². The maximum atomic E-state index is 9.90. The Kier molecular flexibility index (Phi) is 15.5. The highest BCUT2D eigenvalue weighted by Crippen LogP contribution is 2.36. The fourth-order valence-corrected chi connectivity index (χ4v) is 5.73. The fraction of sp³-hybridized carbons (Fsp3) is 0.514. The van der Waals surface area contributed by atoms with Crippen molar-refractivity contribution < 1.29 is 0 Å². The number of nitrogens with one attached hydrogen (secondary N) is 2. The molecule has 1 aromatic heterocycles. The summed E-state index contributed by atoms with van der Waals surface area (Å²) in [6.45, 7) is 5.06. The van der Waals surface area contributed by atoms with E-state index in [1.54, 1.807) is 12.1 Å². The third-order valence-electron chi connectivity index (χ3n) is 7.95. The monoisotopic (exact) mass is 622 g/mol. The van der Waals surface area contributed by atoms with Crippen molar-refractivity contribution in [3.05, 3.63) is 69.5 Å². The largest absolute Gasteiger partial charge is 0.393 e. The van der Waals surface area contributed by atoms with Gasteiger partial charge in [-0.25, -0.2) is 9.97 Å². The molecule has 0 radical (unpaired) electrons. The average Bonchev–Trinajstić information content (AvgIpc) is 3.00. The number of nitrogen functional groups attached to an aromatic ring is 1. The van der Waals surface area contributed by atoms with Crippen LogP contribution in [-0.2, 0) is 0 Å². The summed E-state index contributed by atoms with van der Waals surface area (Å²) in [5.74, 6) is 0.632. The molecule has 2 aromatic carbocycles. The summed E-state index contributed by atoms with van der Waals surface area (Å²) in [5, 5.41) is 17.7. The van der Waals surface area contributed by atoms with E-state index in [1.165, 1.54) is 89.8 Å². The first-order valence-electron chi connectivity index (χ1n) is 16.0. The lowest BCUT2D eigenvalue weighted by molar-refractivity contribution is 0.537. The Labute approximate surface area is 268 Å². The van der Waals surface area contributed by atoms with Crippen LogP contribution in [0.25, 0.3) is 0 Å². The van der Waals surface area contributed by atoms with Crippen LogP contribution in [0.3, 0.4) is 0 Å². The number of nitrogens with zero attached hydrogens (tertiary/aromatic N) is 3. The number of rotatable bonds is 20. The van der Waals surface area contributed by atoms with Crippen molar-refractivity contribution >= 4 is 46.2 Å². The van der Waals surface area contributed by atoms with Gasteiger partial charge in [0.25, 0.3) is 0 Å². The molecule has 4 N–H and O–H groups in total. The van der Waals surface area contributed by atoms with E-state index < -0.39 is 5.92 Å². The van der Waals surface area contributed by atoms with Crippen LogP contribution in [0.4, 0.5) is 23.0 Å². The lowest BCUT2D eigenvalue weighted by atomic mass is 9.91. The quantitative estimate of drug-likeness (QED) is 0.108. The third kappa shape index (κ3) is 11.5. The zero-order valence-electron chi connectivity index (χ0n) is 25.9. The molecule has 0 aliphatic heterocycles. The van der Waals surface area contributed by atoms with Crippen molar-refractivity contribution in [2.24, 2.45) is 0 Å². The van der Waals surface area contributed by atoms with Crippen molar-refractivity contribution in [3.8, 4) is 6.07 Å². The van der Waals surface area contributed by atoms with Gasteiger partial charge >= 0.3 is 0 Å². The molecule has 1 unspecified atom stereocenters. The fourth-order valence-electron chi connectivity index (χ4n) is 5.33. The SMILES string of the molecule is CCCCCCCCCCCCCCCCNc1ncnc(Nc2cc(Cl)c(C(C#N)c3ccc(Cl)cc3)cc2C)c1N. The van der Waals surface area contributed by atoms with Crippen molar-refractivity contribution in [1.82, 2.24) is 9.97 Å². The normalized spacial score (nSPS) is 11.7. The minimum Gasteiger partial charge on any atom is -0.393 e. The van der Waals surface area contributed by atoms with Crippen LogP contribution in [0, 0.1) is 18.3 Å². The molecule has 1 heterocycles. The molecule has 6 nitrogen and oxygen atoms in total. The average molecular weight is 624 g/mol. The van der Waals surface area contributed by atoms with Gasteiger partial charge in [0.05, 0.1) is 12.0 Å². The second kappa shape index (κ2) is 19.3. The molecule has 0 aliphatic rings. The van der Waals surface area contributed by atoms with Crippen LogP contribution in [0.5, 0.6) is 0 Å². The number of nitriles is 1. The minimum atomic E-state index is -0.507. The molecule has 0 amide bonds. The molecule has 0 fully saturated rings. The van der Waals surface area contributed by atoms with E-state index in [0.717, 1.165) is 35.3 Å². The molecule has 3 rings (SSSR count). The second-order valence-corrected chi connectivity index (χ2v) is 12.3. The molecule has 0 bridgehead atoms. The first kappa shape index (κ1) is 34.5. The van der Waals surface area contributed by atoms with Gasteiger partial charge in [-0.2, -0.15) is 5.26 Å². The smallest absolute Gasteiger partial charge is 0.159 e. The van der Waals surface area contributed by atoms with E-state index in [9.17, 15) is 5.26 Å². The van der Waals surface area contributed by atoms with Crippen molar-refractivity contribution in [2.45, 2.75) is 110 Å². The standard InChI is InChI=1S/C35H48Cl2N6/c1-3-4-5-6-7-8-9-10-11-12-13-14-15-16-21-40-34-33(39)35(42-25-41-34)43-32-23-31(37)29(22-26(32)2)30(24-38)27-17-19-28(36)20-18-27/h17-20,22-23,25,30H,3-16,21,39H2,1-2H3,(H2,40,41,42,43). The van der Waals surface area contributed by atoms with Gasteiger partial charge in [-0.1, -0.05) is 132 Å². The number of nitrogens with two attached hydrogens (primary N) is 1. The van der Waals surface area contributed by atoms with Gasteiger partial charge in [0.1, 0.15) is 12.0 Å². The van der Waals surface area contributed by atoms with Crippen LogP contribution >= 0.6 is 23.2 Å². The van der Waals surface area contributed by atoms with Gasteiger partial charge in [0.15, 0.2) is 11.6 Å². The van der Waals surface area contributed by atoms with E-state index in [0.29, 0.717) is 27.4 Å². The number of hydrogen-bond acceptors (Lipinski definition) is 6. The van der Waals surface area contributed by atoms with Crippen LogP contribution in [0.2, 0.25) is 10.0 Å². The molecule has 1 atom stereocenters. The van der Waals surface area contributed by atoms with Crippen molar-refractivity contribution in [3.63, 3.8) is 0 Å². The van der Waals surface area contributed by atoms with Crippen LogP contribution < -0.4 is 16.4 Å². The zero-order valence-corrected chi connectivity index (χ0v) is 27.4. The number of anilines is 4. The Balaban J connectivity index is 1.42. The number of halogens is 2. The lowest BCUT2D eigenvalue weighted by Gasteiger charge is -2.17. The summed E-state index contributed by atoms with van der Waals surface area (Å²) in [6.07, 6.45) is 20.2. The maximum absolute atomic E-state index is 9.90. The molecular weight excluding hydrogens is 575 g/mol.